The average molecular weight is 353 g/mol. The Morgan fingerprint density at radius 1 is 1.08 bits per heavy atom. The number of hydrogen-bond donors (Lipinski definition) is 0. The van der Waals surface area contributed by atoms with E-state index in [1.807, 2.05) is 44.2 Å². The molecule has 0 aliphatic rings. The standard InChI is InChI=1S/C19H19N3O2S/c1-3-22(16-7-5-4-6-8-16)19(23)15-9-11-17(12-10-15)24-13-18-14(2)20-25-21-18/h4-12H,3,13H2,1-2H3. The highest BCUT2D eigenvalue weighted by Gasteiger charge is 2.15. The van der Waals surface area contributed by atoms with Crippen LogP contribution in [-0.4, -0.2) is 21.2 Å². The first-order valence-corrected chi connectivity index (χ1v) is 8.80. The second-order valence-electron chi connectivity index (χ2n) is 5.49. The number of hydrogen-bond acceptors (Lipinski definition) is 5. The fraction of sp³-hybridized carbons (Fsp3) is 0.211. The molecule has 1 aromatic heterocycles. The van der Waals surface area contributed by atoms with Crippen molar-refractivity contribution in [1.29, 1.82) is 0 Å². The first-order valence-electron chi connectivity index (χ1n) is 8.07. The number of rotatable bonds is 6. The minimum atomic E-state index is -0.0280. The van der Waals surface area contributed by atoms with Crippen molar-refractivity contribution in [2.45, 2.75) is 20.5 Å². The minimum absolute atomic E-state index is 0.0280. The average Bonchev–Trinajstić information content (AvgIpc) is 3.07. The van der Waals surface area contributed by atoms with Crippen LogP contribution < -0.4 is 9.64 Å². The second-order valence-corrected chi connectivity index (χ2v) is 6.02. The van der Waals surface area contributed by atoms with E-state index in [9.17, 15) is 4.79 Å². The zero-order valence-corrected chi connectivity index (χ0v) is 15.0. The van der Waals surface area contributed by atoms with Crippen LogP contribution in [0.3, 0.4) is 0 Å². The smallest absolute Gasteiger partial charge is 0.258 e. The summed E-state index contributed by atoms with van der Waals surface area (Å²) in [6, 6.07) is 16.8. The molecule has 128 valence electrons. The largest absolute Gasteiger partial charge is 0.487 e. The Kier molecular flexibility index (Phi) is 5.40. The quantitative estimate of drug-likeness (QED) is 0.670. The van der Waals surface area contributed by atoms with Crippen molar-refractivity contribution in [3.05, 3.63) is 71.5 Å². The Balaban J connectivity index is 1.68. The van der Waals surface area contributed by atoms with Crippen LogP contribution in [0.2, 0.25) is 0 Å². The van der Waals surface area contributed by atoms with E-state index < -0.39 is 0 Å². The van der Waals surface area contributed by atoms with Gasteiger partial charge in [-0.1, -0.05) is 18.2 Å². The summed E-state index contributed by atoms with van der Waals surface area (Å²) >= 11 is 1.18. The van der Waals surface area contributed by atoms with Crippen LogP contribution in [0.25, 0.3) is 0 Å². The van der Waals surface area contributed by atoms with Gasteiger partial charge in [0.05, 0.1) is 17.4 Å². The monoisotopic (exact) mass is 353 g/mol. The highest BCUT2D eigenvalue weighted by atomic mass is 32.1. The molecule has 25 heavy (non-hydrogen) atoms. The van der Waals surface area contributed by atoms with Crippen molar-refractivity contribution < 1.29 is 9.53 Å². The molecule has 5 nitrogen and oxygen atoms in total. The molecule has 0 aliphatic heterocycles. The van der Waals surface area contributed by atoms with Crippen molar-refractivity contribution in [2.24, 2.45) is 0 Å². The number of benzene rings is 2. The summed E-state index contributed by atoms with van der Waals surface area (Å²) in [6.07, 6.45) is 0. The predicted octanol–water partition coefficient (Wildman–Crippen LogP) is 4.09. The Bertz CT molecular complexity index is 831. The highest BCUT2D eigenvalue weighted by Crippen LogP contribution is 2.19. The van der Waals surface area contributed by atoms with Crippen LogP contribution in [0.1, 0.15) is 28.7 Å². The molecular weight excluding hydrogens is 334 g/mol. The molecule has 0 saturated heterocycles. The van der Waals surface area contributed by atoms with Crippen molar-refractivity contribution in [2.75, 3.05) is 11.4 Å². The maximum atomic E-state index is 12.7. The van der Waals surface area contributed by atoms with E-state index in [1.165, 1.54) is 11.7 Å². The van der Waals surface area contributed by atoms with E-state index in [0.29, 0.717) is 24.5 Å². The molecule has 3 aromatic rings. The number of ether oxygens (including phenoxy) is 1. The maximum absolute atomic E-state index is 12.7. The van der Waals surface area contributed by atoms with Gasteiger partial charge in [0.25, 0.3) is 5.91 Å². The Labute approximate surface area is 151 Å². The number of para-hydroxylation sites is 1. The van der Waals surface area contributed by atoms with E-state index in [1.54, 1.807) is 29.2 Å². The van der Waals surface area contributed by atoms with Crippen LogP contribution in [0.15, 0.2) is 54.6 Å². The number of aromatic nitrogens is 2. The van der Waals surface area contributed by atoms with Crippen molar-refractivity contribution in [1.82, 2.24) is 8.75 Å². The first-order chi connectivity index (χ1) is 12.2. The molecule has 0 N–H and O–H groups in total. The summed E-state index contributed by atoms with van der Waals surface area (Å²) in [7, 11) is 0. The molecular formula is C19H19N3O2S. The fourth-order valence-corrected chi connectivity index (χ4v) is 2.99. The Hall–Kier alpha value is -2.73. The zero-order valence-electron chi connectivity index (χ0n) is 14.2. The van der Waals surface area contributed by atoms with E-state index >= 15 is 0 Å². The number of nitrogens with zero attached hydrogens (tertiary/aromatic N) is 3. The van der Waals surface area contributed by atoms with Gasteiger partial charge < -0.3 is 9.64 Å². The van der Waals surface area contributed by atoms with Crippen LogP contribution in [-0.2, 0) is 6.61 Å². The third kappa shape index (κ3) is 4.03. The second kappa shape index (κ2) is 7.90. The van der Waals surface area contributed by atoms with Crippen LogP contribution in [0.4, 0.5) is 5.69 Å². The lowest BCUT2D eigenvalue weighted by atomic mass is 10.1. The summed E-state index contributed by atoms with van der Waals surface area (Å²) in [4.78, 5) is 14.5. The molecule has 3 rings (SSSR count). The number of carbonyl (C=O) groups is 1. The molecule has 1 amide bonds. The first kappa shape index (κ1) is 17.1. The van der Waals surface area contributed by atoms with Crippen LogP contribution >= 0.6 is 11.7 Å². The predicted molar refractivity (Wildman–Crippen MR) is 99.2 cm³/mol. The van der Waals surface area contributed by atoms with Gasteiger partial charge in [0.15, 0.2) is 0 Å². The van der Waals surface area contributed by atoms with Gasteiger partial charge in [-0.15, -0.1) is 0 Å². The molecule has 0 unspecified atom stereocenters. The Morgan fingerprint density at radius 3 is 2.40 bits per heavy atom. The lowest BCUT2D eigenvalue weighted by Gasteiger charge is -2.21. The van der Waals surface area contributed by atoms with Gasteiger partial charge in [-0.05, 0) is 50.2 Å². The third-order valence-electron chi connectivity index (χ3n) is 3.85. The molecule has 0 atom stereocenters. The molecule has 0 radical (unpaired) electrons. The molecule has 0 aliphatic carbocycles. The maximum Gasteiger partial charge on any atom is 0.258 e. The lowest BCUT2D eigenvalue weighted by molar-refractivity contribution is 0.0988. The van der Waals surface area contributed by atoms with E-state index in [2.05, 4.69) is 8.75 Å². The summed E-state index contributed by atoms with van der Waals surface area (Å²) < 4.78 is 14.0. The summed E-state index contributed by atoms with van der Waals surface area (Å²) in [6.45, 7) is 4.86. The van der Waals surface area contributed by atoms with E-state index in [4.69, 9.17) is 4.74 Å². The van der Waals surface area contributed by atoms with Gasteiger partial charge in [-0.2, -0.15) is 8.75 Å². The van der Waals surface area contributed by atoms with Crippen LogP contribution in [0.5, 0.6) is 5.75 Å². The van der Waals surface area contributed by atoms with Crippen molar-refractivity contribution in [3.8, 4) is 5.75 Å². The van der Waals surface area contributed by atoms with Crippen LogP contribution in [0, 0.1) is 6.92 Å². The van der Waals surface area contributed by atoms with E-state index in [-0.39, 0.29) is 5.91 Å². The third-order valence-corrected chi connectivity index (χ3v) is 4.51. The van der Waals surface area contributed by atoms with Gasteiger partial charge in [-0.25, -0.2) is 0 Å². The number of carbonyl (C=O) groups excluding carboxylic acids is 1. The fourth-order valence-electron chi connectivity index (χ4n) is 2.43. The highest BCUT2D eigenvalue weighted by molar-refractivity contribution is 6.99. The Morgan fingerprint density at radius 2 is 1.80 bits per heavy atom. The van der Waals surface area contributed by atoms with Crippen molar-refractivity contribution >= 4 is 23.3 Å². The normalized spacial score (nSPS) is 10.5. The summed E-state index contributed by atoms with van der Waals surface area (Å²) in [5.74, 6) is 0.673. The van der Waals surface area contributed by atoms with E-state index in [0.717, 1.165) is 17.1 Å². The number of amides is 1. The lowest BCUT2D eigenvalue weighted by Crippen LogP contribution is -2.30. The number of aryl methyl sites for hydroxylation is 1. The van der Waals surface area contributed by atoms with Crippen molar-refractivity contribution in [3.63, 3.8) is 0 Å². The molecule has 6 heteroatoms. The van der Waals surface area contributed by atoms with Gasteiger partial charge in [0.1, 0.15) is 18.1 Å². The number of anilines is 1. The SMILES string of the molecule is CCN(C(=O)c1ccc(OCc2nsnc2C)cc1)c1ccccc1. The van der Waals surface area contributed by atoms with Gasteiger partial charge in [0, 0.05) is 17.8 Å². The molecule has 2 aromatic carbocycles. The molecule has 0 bridgehead atoms. The van der Waals surface area contributed by atoms with Gasteiger partial charge >= 0.3 is 0 Å². The summed E-state index contributed by atoms with van der Waals surface area (Å²) in [5.41, 5.74) is 3.25. The molecule has 0 saturated carbocycles. The minimum Gasteiger partial charge on any atom is -0.487 e. The molecule has 0 fully saturated rings. The molecule has 0 spiro atoms. The topological polar surface area (TPSA) is 55.3 Å². The van der Waals surface area contributed by atoms with Gasteiger partial charge in [-0.3, -0.25) is 4.79 Å². The molecule has 1 heterocycles. The summed E-state index contributed by atoms with van der Waals surface area (Å²) in [5, 5.41) is 0. The van der Waals surface area contributed by atoms with Gasteiger partial charge in [0.2, 0.25) is 0 Å². The zero-order chi connectivity index (χ0) is 17.6.